The zero-order chi connectivity index (χ0) is 9.97. The molecule has 1 aromatic heterocycles. The standard InChI is InChI=1S/C10H15N3O.ClH/c1-7(11)9-12-10(14-13-9)8-5-3-2-4-6-8;/h2-3,7-8H,4-6,11H2,1H3;1H. The van der Waals surface area contributed by atoms with Gasteiger partial charge in [0, 0.05) is 5.92 Å². The molecule has 0 aliphatic heterocycles. The van der Waals surface area contributed by atoms with Crippen LogP contribution < -0.4 is 5.73 Å². The third-order valence-electron chi connectivity index (χ3n) is 2.48. The monoisotopic (exact) mass is 229 g/mol. The number of hydrogen-bond acceptors (Lipinski definition) is 4. The van der Waals surface area contributed by atoms with Crippen LogP contribution >= 0.6 is 12.4 Å². The molecule has 0 saturated heterocycles. The molecule has 4 nitrogen and oxygen atoms in total. The lowest BCUT2D eigenvalue weighted by atomic mass is 9.94. The van der Waals surface area contributed by atoms with Gasteiger partial charge >= 0.3 is 0 Å². The lowest BCUT2D eigenvalue weighted by Crippen LogP contribution is -2.07. The highest BCUT2D eigenvalue weighted by Gasteiger charge is 2.20. The maximum absolute atomic E-state index is 5.66. The molecule has 0 aromatic carbocycles. The average Bonchev–Trinajstić information content (AvgIpc) is 2.68. The first-order valence-electron chi connectivity index (χ1n) is 5.01. The van der Waals surface area contributed by atoms with Crippen LogP contribution in [0.4, 0.5) is 0 Å². The van der Waals surface area contributed by atoms with Gasteiger partial charge in [0.05, 0.1) is 6.04 Å². The van der Waals surface area contributed by atoms with Crippen LogP contribution in [0, 0.1) is 0 Å². The van der Waals surface area contributed by atoms with E-state index in [1.165, 1.54) is 0 Å². The number of hydrogen-bond donors (Lipinski definition) is 1. The van der Waals surface area contributed by atoms with Gasteiger partial charge < -0.3 is 10.3 Å². The van der Waals surface area contributed by atoms with Gasteiger partial charge in [0.1, 0.15) is 0 Å². The summed E-state index contributed by atoms with van der Waals surface area (Å²) in [7, 11) is 0. The molecule has 5 heteroatoms. The van der Waals surface area contributed by atoms with Crippen LogP contribution in [0.1, 0.15) is 49.9 Å². The number of allylic oxidation sites excluding steroid dienone is 2. The zero-order valence-corrected chi connectivity index (χ0v) is 9.54. The Bertz CT molecular complexity index is 335. The van der Waals surface area contributed by atoms with Crippen LogP contribution in [0.25, 0.3) is 0 Å². The maximum Gasteiger partial charge on any atom is 0.230 e. The van der Waals surface area contributed by atoms with Crippen LogP contribution in [0.2, 0.25) is 0 Å². The average molecular weight is 230 g/mol. The van der Waals surface area contributed by atoms with Gasteiger partial charge in [-0.1, -0.05) is 17.3 Å². The predicted molar refractivity (Wildman–Crippen MR) is 59.9 cm³/mol. The summed E-state index contributed by atoms with van der Waals surface area (Å²) in [6, 6.07) is -0.147. The van der Waals surface area contributed by atoms with Crippen molar-refractivity contribution in [3.63, 3.8) is 0 Å². The van der Waals surface area contributed by atoms with Gasteiger partial charge in [-0.05, 0) is 26.2 Å². The summed E-state index contributed by atoms with van der Waals surface area (Å²) >= 11 is 0. The summed E-state index contributed by atoms with van der Waals surface area (Å²) < 4.78 is 5.19. The van der Waals surface area contributed by atoms with E-state index < -0.39 is 0 Å². The Morgan fingerprint density at radius 1 is 1.53 bits per heavy atom. The third kappa shape index (κ3) is 2.79. The molecule has 84 valence electrons. The van der Waals surface area contributed by atoms with Gasteiger partial charge in [-0.2, -0.15) is 4.98 Å². The van der Waals surface area contributed by atoms with Crippen molar-refractivity contribution in [2.75, 3.05) is 0 Å². The van der Waals surface area contributed by atoms with E-state index in [0.717, 1.165) is 25.2 Å². The molecule has 1 aromatic rings. The summed E-state index contributed by atoms with van der Waals surface area (Å²) in [5.74, 6) is 1.73. The number of nitrogens with zero attached hydrogens (tertiary/aromatic N) is 2. The Morgan fingerprint density at radius 3 is 2.87 bits per heavy atom. The maximum atomic E-state index is 5.66. The summed E-state index contributed by atoms with van der Waals surface area (Å²) in [6.07, 6.45) is 7.56. The van der Waals surface area contributed by atoms with Crippen molar-refractivity contribution < 1.29 is 4.52 Å². The Hall–Kier alpha value is -0.870. The van der Waals surface area contributed by atoms with Gasteiger partial charge in [-0.25, -0.2) is 0 Å². The molecule has 2 atom stereocenters. The summed E-state index contributed by atoms with van der Waals surface area (Å²) in [4.78, 5) is 4.30. The normalized spacial score (nSPS) is 22.1. The number of halogens is 1. The predicted octanol–water partition coefficient (Wildman–Crippen LogP) is 2.33. The third-order valence-corrected chi connectivity index (χ3v) is 2.48. The zero-order valence-electron chi connectivity index (χ0n) is 8.72. The van der Waals surface area contributed by atoms with E-state index in [2.05, 4.69) is 22.3 Å². The molecule has 2 N–H and O–H groups in total. The molecule has 0 spiro atoms. The smallest absolute Gasteiger partial charge is 0.230 e. The van der Waals surface area contributed by atoms with Crippen molar-refractivity contribution in [2.24, 2.45) is 5.73 Å². The minimum atomic E-state index is -0.147. The summed E-state index contributed by atoms with van der Waals surface area (Å²) in [5, 5.41) is 3.86. The highest BCUT2D eigenvalue weighted by molar-refractivity contribution is 5.85. The first-order chi connectivity index (χ1) is 6.77. The van der Waals surface area contributed by atoms with Crippen molar-refractivity contribution >= 4 is 12.4 Å². The van der Waals surface area contributed by atoms with E-state index in [-0.39, 0.29) is 18.4 Å². The van der Waals surface area contributed by atoms with Crippen molar-refractivity contribution in [2.45, 2.75) is 38.1 Å². The van der Waals surface area contributed by atoms with Gasteiger partial charge in [0.15, 0.2) is 5.82 Å². The van der Waals surface area contributed by atoms with Crippen molar-refractivity contribution in [3.8, 4) is 0 Å². The molecule has 15 heavy (non-hydrogen) atoms. The number of aromatic nitrogens is 2. The topological polar surface area (TPSA) is 64.9 Å². The highest BCUT2D eigenvalue weighted by atomic mass is 35.5. The molecule has 0 amide bonds. The summed E-state index contributed by atoms with van der Waals surface area (Å²) in [5.41, 5.74) is 5.66. The van der Waals surface area contributed by atoms with Crippen molar-refractivity contribution in [1.29, 1.82) is 0 Å². The molecule has 1 aliphatic rings. The highest BCUT2D eigenvalue weighted by Crippen LogP contribution is 2.27. The van der Waals surface area contributed by atoms with Crippen molar-refractivity contribution in [3.05, 3.63) is 23.9 Å². The fourth-order valence-electron chi connectivity index (χ4n) is 1.62. The van der Waals surface area contributed by atoms with E-state index in [0.29, 0.717) is 11.7 Å². The molecule has 0 bridgehead atoms. The lowest BCUT2D eigenvalue weighted by molar-refractivity contribution is 0.339. The van der Waals surface area contributed by atoms with Crippen LogP contribution in [0.3, 0.4) is 0 Å². The molecule has 0 saturated carbocycles. The number of rotatable bonds is 2. The molecule has 1 aliphatic carbocycles. The fourth-order valence-corrected chi connectivity index (χ4v) is 1.62. The van der Waals surface area contributed by atoms with Crippen LogP contribution in [-0.4, -0.2) is 10.1 Å². The van der Waals surface area contributed by atoms with Gasteiger partial charge in [0.25, 0.3) is 0 Å². The SMILES string of the molecule is CC(N)c1noc(C2CC=CCC2)n1.Cl. The number of nitrogens with two attached hydrogens (primary N) is 1. The summed E-state index contributed by atoms with van der Waals surface area (Å²) in [6.45, 7) is 1.86. The molecule has 2 rings (SSSR count). The minimum absolute atomic E-state index is 0. The van der Waals surface area contributed by atoms with Gasteiger partial charge in [-0.15, -0.1) is 12.4 Å². The van der Waals surface area contributed by atoms with E-state index in [4.69, 9.17) is 10.3 Å². The Kier molecular flexibility index (Phi) is 4.29. The molecular weight excluding hydrogens is 214 g/mol. The molecule has 1 heterocycles. The van der Waals surface area contributed by atoms with Crippen LogP contribution in [0.15, 0.2) is 16.7 Å². The Labute approximate surface area is 95.3 Å². The van der Waals surface area contributed by atoms with Crippen LogP contribution in [0.5, 0.6) is 0 Å². The largest absolute Gasteiger partial charge is 0.339 e. The fraction of sp³-hybridized carbons (Fsp3) is 0.600. The van der Waals surface area contributed by atoms with Crippen LogP contribution in [-0.2, 0) is 0 Å². The lowest BCUT2D eigenvalue weighted by Gasteiger charge is -2.12. The molecular formula is C10H16ClN3O. The Morgan fingerprint density at radius 2 is 2.33 bits per heavy atom. The van der Waals surface area contributed by atoms with Gasteiger partial charge in [0.2, 0.25) is 5.89 Å². The van der Waals surface area contributed by atoms with Gasteiger partial charge in [-0.3, -0.25) is 0 Å². The second-order valence-corrected chi connectivity index (χ2v) is 3.76. The molecule has 0 fully saturated rings. The minimum Gasteiger partial charge on any atom is -0.339 e. The molecule has 0 radical (unpaired) electrons. The quantitative estimate of drug-likeness (QED) is 0.791. The van der Waals surface area contributed by atoms with E-state index in [1.54, 1.807) is 0 Å². The Balaban J connectivity index is 0.00000112. The van der Waals surface area contributed by atoms with E-state index in [1.807, 2.05) is 6.92 Å². The van der Waals surface area contributed by atoms with E-state index >= 15 is 0 Å². The second kappa shape index (κ2) is 5.28. The second-order valence-electron chi connectivity index (χ2n) is 3.76. The first-order valence-corrected chi connectivity index (χ1v) is 5.01. The van der Waals surface area contributed by atoms with Crippen molar-refractivity contribution in [1.82, 2.24) is 10.1 Å². The van der Waals surface area contributed by atoms with E-state index in [9.17, 15) is 0 Å². The first kappa shape index (κ1) is 12.2. The molecule has 2 unspecified atom stereocenters.